The SMILES string of the molecule is CCc1ccc(S(=O)(=O)C(O)CN)cc1. The minimum atomic E-state index is -3.68. The fourth-order valence-corrected chi connectivity index (χ4v) is 2.28. The number of aliphatic hydroxyl groups excluding tert-OH is 1. The maximum Gasteiger partial charge on any atom is 0.206 e. The number of hydrogen-bond acceptors (Lipinski definition) is 4. The summed E-state index contributed by atoms with van der Waals surface area (Å²) in [5.74, 6) is 0. The van der Waals surface area contributed by atoms with Crippen molar-refractivity contribution in [2.75, 3.05) is 6.54 Å². The molecule has 0 aliphatic carbocycles. The van der Waals surface area contributed by atoms with Crippen LogP contribution in [-0.4, -0.2) is 25.5 Å². The fourth-order valence-electron chi connectivity index (χ4n) is 1.20. The van der Waals surface area contributed by atoms with E-state index in [9.17, 15) is 13.5 Å². The maximum absolute atomic E-state index is 11.6. The Labute approximate surface area is 89.7 Å². The Hall–Kier alpha value is -0.910. The number of rotatable bonds is 4. The van der Waals surface area contributed by atoms with Crippen LogP contribution in [0.3, 0.4) is 0 Å². The van der Waals surface area contributed by atoms with Crippen LogP contribution in [0.5, 0.6) is 0 Å². The first-order valence-corrected chi connectivity index (χ1v) is 6.28. The van der Waals surface area contributed by atoms with Crippen molar-refractivity contribution in [2.45, 2.75) is 23.7 Å². The molecule has 15 heavy (non-hydrogen) atoms. The molecule has 1 aromatic carbocycles. The van der Waals surface area contributed by atoms with Gasteiger partial charge in [0.2, 0.25) is 9.84 Å². The van der Waals surface area contributed by atoms with Gasteiger partial charge < -0.3 is 10.8 Å². The molecule has 5 heteroatoms. The maximum atomic E-state index is 11.6. The van der Waals surface area contributed by atoms with Crippen LogP contribution < -0.4 is 5.73 Å². The van der Waals surface area contributed by atoms with Crippen molar-refractivity contribution in [3.63, 3.8) is 0 Å². The smallest absolute Gasteiger partial charge is 0.206 e. The average molecular weight is 229 g/mol. The summed E-state index contributed by atoms with van der Waals surface area (Å²) in [5.41, 5.74) is 4.65. The van der Waals surface area contributed by atoms with Gasteiger partial charge in [-0.1, -0.05) is 19.1 Å². The summed E-state index contributed by atoms with van der Waals surface area (Å²) in [4.78, 5) is 0.109. The second kappa shape index (κ2) is 4.74. The van der Waals surface area contributed by atoms with Gasteiger partial charge in [0.1, 0.15) is 0 Å². The van der Waals surface area contributed by atoms with E-state index in [-0.39, 0.29) is 11.4 Å². The standard InChI is InChI=1S/C10H15NO3S/c1-2-8-3-5-9(6-4-8)15(13,14)10(12)7-11/h3-6,10,12H,2,7,11H2,1H3. The number of aryl methyl sites for hydroxylation is 1. The second-order valence-electron chi connectivity index (χ2n) is 3.23. The first-order chi connectivity index (χ1) is 7.02. The van der Waals surface area contributed by atoms with E-state index in [1.54, 1.807) is 12.1 Å². The molecule has 1 atom stereocenters. The van der Waals surface area contributed by atoms with Crippen LogP contribution >= 0.6 is 0 Å². The van der Waals surface area contributed by atoms with Gasteiger partial charge in [-0.15, -0.1) is 0 Å². The van der Waals surface area contributed by atoms with E-state index < -0.39 is 15.3 Å². The van der Waals surface area contributed by atoms with E-state index in [4.69, 9.17) is 5.73 Å². The van der Waals surface area contributed by atoms with Gasteiger partial charge in [-0.25, -0.2) is 8.42 Å². The topological polar surface area (TPSA) is 80.4 Å². The minimum Gasteiger partial charge on any atom is -0.376 e. The number of hydrogen-bond donors (Lipinski definition) is 2. The molecule has 0 bridgehead atoms. The van der Waals surface area contributed by atoms with Crippen molar-refractivity contribution < 1.29 is 13.5 Å². The Kier molecular flexibility index (Phi) is 3.84. The van der Waals surface area contributed by atoms with E-state index in [0.717, 1.165) is 12.0 Å². The first-order valence-electron chi connectivity index (χ1n) is 4.73. The highest BCUT2D eigenvalue weighted by Crippen LogP contribution is 2.15. The summed E-state index contributed by atoms with van der Waals surface area (Å²) in [6, 6.07) is 6.45. The molecule has 0 aliphatic heterocycles. The van der Waals surface area contributed by atoms with Crippen molar-refractivity contribution in [3.05, 3.63) is 29.8 Å². The summed E-state index contributed by atoms with van der Waals surface area (Å²) >= 11 is 0. The Balaban J connectivity index is 3.06. The van der Waals surface area contributed by atoms with Crippen molar-refractivity contribution >= 4 is 9.84 Å². The van der Waals surface area contributed by atoms with Gasteiger partial charge in [-0.3, -0.25) is 0 Å². The molecule has 0 spiro atoms. The molecule has 84 valence electrons. The first kappa shape index (κ1) is 12.2. The van der Waals surface area contributed by atoms with E-state index in [0.29, 0.717) is 0 Å². The highest BCUT2D eigenvalue weighted by atomic mass is 32.2. The van der Waals surface area contributed by atoms with Gasteiger partial charge >= 0.3 is 0 Å². The monoisotopic (exact) mass is 229 g/mol. The number of sulfone groups is 1. The van der Waals surface area contributed by atoms with Crippen LogP contribution in [0.25, 0.3) is 0 Å². The molecule has 0 heterocycles. The highest BCUT2D eigenvalue weighted by molar-refractivity contribution is 7.91. The summed E-state index contributed by atoms with van der Waals surface area (Å²) in [6.45, 7) is 1.69. The Morgan fingerprint density at radius 2 is 1.87 bits per heavy atom. The zero-order valence-corrected chi connectivity index (χ0v) is 9.37. The van der Waals surface area contributed by atoms with Crippen LogP contribution in [0.15, 0.2) is 29.2 Å². The fraction of sp³-hybridized carbons (Fsp3) is 0.400. The normalized spacial score (nSPS) is 13.8. The van der Waals surface area contributed by atoms with Crippen molar-refractivity contribution in [3.8, 4) is 0 Å². The quantitative estimate of drug-likeness (QED) is 0.778. The highest BCUT2D eigenvalue weighted by Gasteiger charge is 2.23. The summed E-state index contributed by atoms with van der Waals surface area (Å²) < 4.78 is 23.3. The molecule has 0 saturated carbocycles. The van der Waals surface area contributed by atoms with Crippen LogP contribution in [0.1, 0.15) is 12.5 Å². The molecule has 1 aromatic rings. The largest absolute Gasteiger partial charge is 0.376 e. The zero-order valence-electron chi connectivity index (χ0n) is 8.55. The van der Waals surface area contributed by atoms with Gasteiger partial charge in [0.25, 0.3) is 0 Å². The van der Waals surface area contributed by atoms with Gasteiger partial charge in [0.05, 0.1) is 4.90 Å². The van der Waals surface area contributed by atoms with Crippen LogP contribution in [0, 0.1) is 0 Å². The predicted molar refractivity (Wildman–Crippen MR) is 58.1 cm³/mol. The molecule has 0 radical (unpaired) electrons. The Bertz CT molecular complexity index is 411. The molecule has 1 unspecified atom stereocenters. The summed E-state index contributed by atoms with van der Waals surface area (Å²) in [6.07, 6.45) is 0.847. The third kappa shape index (κ3) is 2.56. The molecular weight excluding hydrogens is 214 g/mol. The third-order valence-corrected chi connectivity index (χ3v) is 4.06. The van der Waals surface area contributed by atoms with Gasteiger partial charge in [0.15, 0.2) is 5.44 Å². The van der Waals surface area contributed by atoms with Crippen molar-refractivity contribution in [1.82, 2.24) is 0 Å². The lowest BCUT2D eigenvalue weighted by atomic mass is 10.2. The lowest BCUT2D eigenvalue weighted by molar-refractivity contribution is 0.256. The Morgan fingerprint density at radius 3 is 2.27 bits per heavy atom. The lowest BCUT2D eigenvalue weighted by Gasteiger charge is -2.09. The predicted octanol–water partition coefficient (Wildman–Crippen LogP) is 0.300. The van der Waals surface area contributed by atoms with E-state index in [2.05, 4.69) is 0 Å². The van der Waals surface area contributed by atoms with Crippen molar-refractivity contribution in [2.24, 2.45) is 5.73 Å². The minimum absolute atomic E-state index is 0.109. The van der Waals surface area contributed by atoms with E-state index >= 15 is 0 Å². The molecule has 1 rings (SSSR count). The van der Waals surface area contributed by atoms with Crippen LogP contribution in [0.2, 0.25) is 0 Å². The number of benzene rings is 1. The number of nitrogens with two attached hydrogens (primary N) is 1. The molecule has 3 N–H and O–H groups in total. The molecule has 0 fully saturated rings. The van der Waals surface area contributed by atoms with Gasteiger partial charge in [0, 0.05) is 6.54 Å². The lowest BCUT2D eigenvalue weighted by Crippen LogP contribution is -2.29. The Morgan fingerprint density at radius 1 is 1.33 bits per heavy atom. The average Bonchev–Trinajstić information content (AvgIpc) is 2.28. The molecule has 0 saturated heterocycles. The second-order valence-corrected chi connectivity index (χ2v) is 5.34. The van der Waals surface area contributed by atoms with E-state index in [1.165, 1.54) is 12.1 Å². The van der Waals surface area contributed by atoms with Gasteiger partial charge in [-0.2, -0.15) is 0 Å². The summed E-state index contributed by atoms with van der Waals surface area (Å²) in [5, 5.41) is 9.25. The van der Waals surface area contributed by atoms with Gasteiger partial charge in [-0.05, 0) is 24.1 Å². The number of aliphatic hydroxyl groups is 1. The van der Waals surface area contributed by atoms with E-state index in [1.807, 2.05) is 6.92 Å². The summed E-state index contributed by atoms with van der Waals surface area (Å²) in [7, 11) is -3.68. The van der Waals surface area contributed by atoms with Crippen molar-refractivity contribution in [1.29, 1.82) is 0 Å². The van der Waals surface area contributed by atoms with Crippen LogP contribution in [-0.2, 0) is 16.3 Å². The molecule has 0 amide bonds. The zero-order chi connectivity index (χ0) is 11.5. The molecule has 0 aromatic heterocycles. The third-order valence-electron chi connectivity index (χ3n) is 2.22. The van der Waals surface area contributed by atoms with Crippen LogP contribution in [0.4, 0.5) is 0 Å². The molecule has 4 nitrogen and oxygen atoms in total. The molecule has 0 aliphatic rings. The molecular formula is C10H15NO3S.